The lowest BCUT2D eigenvalue weighted by atomic mass is 10.0. The van der Waals surface area contributed by atoms with Gasteiger partial charge in [-0.15, -0.1) is 0 Å². The highest BCUT2D eigenvalue weighted by molar-refractivity contribution is 5.66. The predicted molar refractivity (Wildman–Crippen MR) is 53.4 cm³/mol. The molecule has 0 aromatic heterocycles. The van der Waals surface area contributed by atoms with Crippen molar-refractivity contribution in [1.29, 1.82) is 0 Å². The van der Waals surface area contributed by atoms with Gasteiger partial charge in [-0.3, -0.25) is 4.79 Å². The number of rotatable bonds is 4. The molecule has 0 aliphatic heterocycles. The van der Waals surface area contributed by atoms with Crippen molar-refractivity contribution in [3.05, 3.63) is 29.1 Å². The fourth-order valence-corrected chi connectivity index (χ4v) is 1.44. The molecule has 4 heteroatoms. The van der Waals surface area contributed by atoms with Crippen LogP contribution in [0.4, 0.5) is 4.39 Å². The molecule has 0 atom stereocenters. The Morgan fingerprint density at radius 3 is 2.73 bits per heavy atom. The fraction of sp³-hybridized carbons (Fsp3) is 0.364. The number of carboxylic acids is 1. The lowest BCUT2D eigenvalue weighted by Gasteiger charge is -2.05. The second kappa shape index (κ2) is 4.77. The average molecular weight is 212 g/mol. The molecule has 82 valence electrons. The molecule has 0 spiro atoms. The van der Waals surface area contributed by atoms with Gasteiger partial charge in [-0.1, -0.05) is 6.07 Å². The van der Waals surface area contributed by atoms with E-state index in [1.54, 1.807) is 13.0 Å². The van der Waals surface area contributed by atoms with Gasteiger partial charge in [0.15, 0.2) is 11.6 Å². The summed E-state index contributed by atoms with van der Waals surface area (Å²) in [6.45, 7) is 1.75. The summed E-state index contributed by atoms with van der Waals surface area (Å²) in [6.07, 6.45) is 0.705. The topological polar surface area (TPSA) is 57.5 Å². The van der Waals surface area contributed by atoms with Crippen molar-refractivity contribution in [2.24, 2.45) is 0 Å². The van der Waals surface area contributed by atoms with Crippen LogP contribution in [-0.2, 0) is 11.2 Å². The van der Waals surface area contributed by atoms with Gasteiger partial charge in [0.2, 0.25) is 0 Å². The van der Waals surface area contributed by atoms with Gasteiger partial charge in [-0.25, -0.2) is 4.39 Å². The van der Waals surface area contributed by atoms with Gasteiger partial charge in [-0.2, -0.15) is 0 Å². The molecule has 0 aliphatic carbocycles. The lowest BCUT2D eigenvalue weighted by molar-refractivity contribution is -0.137. The molecule has 1 aromatic carbocycles. The van der Waals surface area contributed by atoms with Crippen molar-refractivity contribution >= 4 is 5.97 Å². The average Bonchev–Trinajstić information content (AvgIpc) is 2.12. The summed E-state index contributed by atoms with van der Waals surface area (Å²) in [7, 11) is 0. The van der Waals surface area contributed by atoms with E-state index in [9.17, 15) is 14.3 Å². The van der Waals surface area contributed by atoms with E-state index in [2.05, 4.69) is 0 Å². The molecular weight excluding hydrogens is 199 g/mol. The quantitative estimate of drug-likeness (QED) is 0.804. The van der Waals surface area contributed by atoms with Gasteiger partial charge in [0, 0.05) is 6.42 Å². The predicted octanol–water partition coefficient (Wildman–Crippen LogP) is 2.25. The van der Waals surface area contributed by atoms with E-state index in [0.717, 1.165) is 5.56 Å². The van der Waals surface area contributed by atoms with Crippen LogP contribution in [0.5, 0.6) is 5.75 Å². The summed E-state index contributed by atoms with van der Waals surface area (Å²) in [4.78, 5) is 10.3. The van der Waals surface area contributed by atoms with E-state index in [1.807, 2.05) is 0 Å². The molecule has 0 bridgehead atoms. The molecule has 1 rings (SSSR count). The number of aryl methyl sites for hydroxylation is 2. The Hall–Kier alpha value is -1.58. The second-order valence-electron chi connectivity index (χ2n) is 3.50. The third-order valence-electron chi connectivity index (χ3n) is 2.11. The van der Waals surface area contributed by atoms with Gasteiger partial charge in [0.1, 0.15) is 0 Å². The van der Waals surface area contributed by atoms with E-state index >= 15 is 0 Å². The van der Waals surface area contributed by atoms with Crippen LogP contribution >= 0.6 is 0 Å². The molecule has 0 saturated heterocycles. The van der Waals surface area contributed by atoms with Crippen LogP contribution in [0.25, 0.3) is 0 Å². The van der Waals surface area contributed by atoms with Gasteiger partial charge in [0.25, 0.3) is 0 Å². The minimum atomic E-state index is -0.896. The van der Waals surface area contributed by atoms with Crippen molar-refractivity contribution in [2.45, 2.75) is 26.2 Å². The fourth-order valence-electron chi connectivity index (χ4n) is 1.44. The molecule has 0 fully saturated rings. The summed E-state index contributed by atoms with van der Waals surface area (Å²) in [5.74, 6) is -1.92. The SMILES string of the molecule is Cc1cc(O)c(F)c(CCCC(=O)O)c1. The van der Waals surface area contributed by atoms with E-state index in [1.165, 1.54) is 6.07 Å². The summed E-state index contributed by atoms with van der Waals surface area (Å²) >= 11 is 0. The molecule has 15 heavy (non-hydrogen) atoms. The molecule has 0 radical (unpaired) electrons. The van der Waals surface area contributed by atoms with Crippen molar-refractivity contribution in [3.8, 4) is 5.75 Å². The Morgan fingerprint density at radius 1 is 1.47 bits per heavy atom. The first-order valence-electron chi connectivity index (χ1n) is 4.70. The molecule has 0 saturated carbocycles. The van der Waals surface area contributed by atoms with Crippen LogP contribution < -0.4 is 0 Å². The third kappa shape index (κ3) is 3.23. The minimum Gasteiger partial charge on any atom is -0.505 e. The van der Waals surface area contributed by atoms with Crippen molar-refractivity contribution in [3.63, 3.8) is 0 Å². The number of benzene rings is 1. The number of phenols is 1. The van der Waals surface area contributed by atoms with Crippen molar-refractivity contribution in [2.75, 3.05) is 0 Å². The Bertz CT molecular complexity index is 374. The smallest absolute Gasteiger partial charge is 0.303 e. The summed E-state index contributed by atoms with van der Waals surface area (Å²) in [6, 6.07) is 2.97. The molecule has 0 heterocycles. The Kier molecular flexibility index (Phi) is 3.66. The number of carbonyl (C=O) groups is 1. The normalized spacial score (nSPS) is 10.3. The zero-order valence-corrected chi connectivity index (χ0v) is 8.46. The van der Waals surface area contributed by atoms with Gasteiger partial charge in [-0.05, 0) is 37.0 Å². The third-order valence-corrected chi connectivity index (χ3v) is 2.11. The van der Waals surface area contributed by atoms with Crippen LogP contribution in [0, 0.1) is 12.7 Å². The molecule has 2 N–H and O–H groups in total. The summed E-state index contributed by atoms with van der Waals surface area (Å²) in [5.41, 5.74) is 1.13. The Labute approximate surface area is 87.2 Å². The van der Waals surface area contributed by atoms with E-state index in [0.29, 0.717) is 18.4 Å². The van der Waals surface area contributed by atoms with Gasteiger partial charge < -0.3 is 10.2 Å². The first-order chi connectivity index (χ1) is 7.00. The highest BCUT2D eigenvalue weighted by atomic mass is 19.1. The molecule has 3 nitrogen and oxygen atoms in total. The summed E-state index contributed by atoms with van der Waals surface area (Å²) in [5, 5.41) is 17.6. The standard InChI is InChI=1S/C11H13FO3/c1-7-5-8(3-2-4-10(14)15)11(12)9(13)6-7/h5-6,13H,2-4H2,1H3,(H,14,15). The molecular formula is C11H13FO3. The van der Waals surface area contributed by atoms with Crippen LogP contribution in [0.15, 0.2) is 12.1 Å². The van der Waals surface area contributed by atoms with E-state index in [4.69, 9.17) is 5.11 Å². The molecule has 1 aromatic rings. The van der Waals surface area contributed by atoms with Crippen molar-refractivity contribution < 1.29 is 19.4 Å². The minimum absolute atomic E-state index is 0.00808. The first-order valence-corrected chi connectivity index (χ1v) is 4.70. The highest BCUT2D eigenvalue weighted by Gasteiger charge is 2.09. The number of hydrogen-bond acceptors (Lipinski definition) is 2. The Balaban J connectivity index is 2.72. The van der Waals surface area contributed by atoms with E-state index in [-0.39, 0.29) is 12.2 Å². The lowest BCUT2D eigenvalue weighted by Crippen LogP contribution is -1.98. The Morgan fingerprint density at radius 2 is 2.13 bits per heavy atom. The van der Waals surface area contributed by atoms with E-state index < -0.39 is 11.8 Å². The zero-order chi connectivity index (χ0) is 11.4. The number of halogens is 1. The largest absolute Gasteiger partial charge is 0.505 e. The second-order valence-corrected chi connectivity index (χ2v) is 3.50. The maximum Gasteiger partial charge on any atom is 0.303 e. The molecule has 0 unspecified atom stereocenters. The number of aliphatic carboxylic acids is 1. The first kappa shape index (κ1) is 11.5. The number of aromatic hydroxyl groups is 1. The number of phenolic OH excluding ortho intramolecular Hbond substituents is 1. The van der Waals surface area contributed by atoms with Gasteiger partial charge >= 0.3 is 5.97 Å². The maximum absolute atomic E-state index is 13.3. The highest BCUT2D eigenvalue weighted by Crippen LogP contribution is 2.22. The maximum atomic E-state index is 13.3. The van der Waals surface area contributed by atoms with Crippen LogP contribution in [0.3, 0.4) is 0 Å². The van der Waals surface area contributed by atoms with Crippen LogP contribution in [0.2, 0.25) is 0 Å². The number of hydrogen-bond donors (Lipinski definition) is 2. The van der Waals surface area contributed by atoms with Crippen LogP contribution in [0.1, 0.15) is 24.0 Å². The van der Waals surface area contributed by atoms with Gasteiger partial charge in [0.05, 0.1) is 0 Å². The summed E-state index contributed by atoms with van der Waals surface area (Å²) < 4.78 is 13.3. The number of carboxylic acid groups (broad SMARTS) is 1. The molecule has 0 amide bonds. The van der Waals surface area contributed by atoms with Crippen LogP contribution in [-0.4, -0.2) is 16.2 Å². The zero-order valence-electron chi connectivity index (χ0n) is 8.46. The molecule has 0 aliphatic rings. The van der Waals surface area contributed by atoms with Crippen molar-refractivity contribution in [1.82, 2.24) is 0 Å². The monoisotopic (exact) mass is 212 g/mol.